The summed E-state index contributed by atoms with van der Waals surface area (Å²) in [6.45, 7) is 0.526. The molecule has 0 saturated carbocycles. The first-order valence-corrected chi connectivity index (χ1v) is 8.14. The number of nitrogens with one attached hydrogen (secondary N) is 1. The number of amides is 1. The van der Waals surface area contributed by atoms with Gasteiger partial charge in [0.25, 0.3) is 5.91 Å². The van der Waals surface area contributed by atoms with Gasteiger partial charge in [-0.05, 0) is 54.2 Å². The standard InChI is InChI=1S/C17H15BrClNO/c18-14-6-7-15(16(19)9-14)17(21)20-10-11-4-5-12-2-1-3-13(12)8-11/h4-9H,1-3,10H2,(H,20,21). The first-order chi connectivity index (χ1) is 10.1. The van der Waals surface area contributed by atoms with Crippen molar-refractivity contribution < 1.29 is 4.79 Å². The SMILES string of the molecule is O=C(NCc1ccc2c(c1)CCC2)c1ccc(Br)cc1Cl. The van der Waals surface area contributed by atoms with E-state index in [-0.39, 0.29) is 5.91 Å². The van der Waals surface area contributed by atoms with Crippen LogP contribution in [-0.2, 0) is 19.4 Å². The molecule has 0 spiro atoms. The monoisotopic (exact) mass is 363 g/mol. The lowest BCUT2D eigenvalue weighted by molar-refractivity contribution is 0.0951. The molecule has 0 bridgehead atoms. The van der Waals surface area contributed by atoms with Gasteiger partial charge in [0.15, 0.2) is 0 Å². The molecule has 3 rings (SSSR count). The minimum absolute atomic E-state index is 0.145. The number of benzene rings is 2. The number of carbonyl (C=O) groups is 1. The Morgan fingerprint density at radius 3 is 2.76 bits per heavy atom. The average Bonchev–Trinajstić information content (AvgIpc) is 2.92. The molecular weight excluding hydrogens is 350 g/mol. The Hall–Kier alpha value is -1.32. The van der Waals surface area contributed by atoms with Crippen LogP contribution in [0.3, 0.4) is 0 Å². The van der Waals surface area contributed by atoms with Crippen LogP contribution in [0.1, 0.15) is 33.5 Å². The molecule has 0 aliphatic heterocycles. The Labute approximate surface area is 137 Å². The molecule has 0 atom stereocenters. The maximum absolute atomic E-state index is 12.2. The molecule has 2 aromatic carbocycles. The summed E-state index contributed by atoms with van der Waals surface area (Å²) in [6, 6.07) is 11.7. The molecule has 0 radical (unpaired) electrons. The molecule has 1 aliphatic rings. The van der Waals surface area contributed by atoms with E-state index < -0.39 is 0 Å². The van der Waals surface area contributed by atoms with Crippen molar-refractivity contribution in [3.05, 3.63) is 68.1 Å². The molecule has 0 heterocycles. The first-order valence-electron chi connectivity index (χ1n) is 6.97. The summed E-state index contributed by atoms with van der Waals surface area (Å²) in [5.74, 6) is -0.145. The number of rotatable bonds is 3. The topological polar surface area (TPSA) is 29.1 Å². The summed E-state index contributed by atoms with van der Waals surface area (Å²) in [4.78, 5) is 12.2. The van der Waals surface area contributed by atoms with Crippen molar-refractivity contribution >= 4 is 33.4 Å². The number of hydrogen-bond donors (Lipinski definition) is 1. The van der Waals surface area contributed by atoms with E-state index in [1.54, 1.807) is 12.1 Å². The van der Waals surface area contributed by atoms with Crippen molar-refractivity contribution in [3.8, 4) is 0 Å². The molecule has 21 heavy (non-hydrogen) atoms. The average molecular weight is 365 g/mol. The van der Waals surface area contributed by atoms with Crippen LogP contribution >= 0.6 is 27.5 Å². The van der Waals surface area contributed by atoms with E-state index in [1.807, 2.05) is 6.07 Å². The highest BCUT2D eigenvalue weighted by molar-refractivity contribution is 9.10. The Morgan fingerprint density at radius 2 is 1.95 bits per heavy atom. The van der Waals surface area contributed by atoms with Crippen molar-refractivity contribution in [2.24, 2.45) is 0 Å². The number of carbonyl (C=O) groups excluding carboxylic acids is 1. The van der Waals surface area contributed by atoms with E-state index in [0.29, 0.717) is 17.1 Å². The Balaban J connectivity index is 1.68. The quantitative estimate of drug-likeness (QED) is 0.852. The molecule has 2 nitrogen and oxygen atoms in total. The summed E-state index contributed by atoms with van der Waals surface area (Å²) in [5.41, 5.74) is 4.50. The predicted octanol–water partition coefficient (Wildman–Crippen LogP) is 4.52. The molecule has 0 aromatic heterocycles. The minimum atomic E-state index is -0.145. The predicted molar refractivity (Wildman–Crippen MR) is 88.8 cm³/mol. The summed E-state index contributed by atoms with van der Waals surface area (Å²) in [7, 11) is 0. The van der Waals surface area contributed by atoms with E-state index in [9.17, 15) is 4.79 Å². The van der Waals surface area contributed by atoms with Gasteiger partial charge in [-0.1, -0.05) is 45.7 Å². The van der Waals surface area contributed by atoms with E-state index in [4.69, 9.17) is 11.6 Å². The fourth-order valence-electron chi connectivity index (χ4n) is 2.69. The fraction of sp³-hybridized carbons (Fsp3) is 0.235. The van der Waals surface area contributed by atoms with Crippen LogP contribution in [0, 0.1) is 0 Å². The van der Waals surface area contributed by atoms with Crippen LogP contribution in [0.25, 0.3) is 0 Å². The van der Waals surface area contributed by atoms with E-state index >= 15 is 0 Å². The summed E-state index contributed by atoms with van der Waals surface area (Å²) < 4.78 is 0.864. The zero-order valence-electron chi connectivity index (χ0n) is 11.5. The number of fused-ring (bicyclic) bond motifs is 1. The van der Waals surface area contributed by atoms with Gasteiger partial charge in [-0.3, -0.25) is 4.79 Å². The van der Waals surface area contributed by atoms with Crippen LogP contribution in [0.2, 0.25) is 5.02 Å². The van der Waals surface area contributed by atoms with Crippen molar-refractivity contribution in [2.75, 3.05) is 0 Å². The molecule has 2 aromatic rings. The molecule has 1 amide bonds. The van der Waals surface area contributed by atoms with Crippen molar-refractivity contribution in [2.45, 2.75) is 25.8 Å². The molecule has 1 N–H and O–H groups in total. The van der Waals surface area contributed by atoms with Crippen molar-refractivity contribution in [3.63, 3.8) is 0 Å². The Bertz CT molecular complexity index is 699. The van der Waals surface area contributed by atoms with Crippen LogP contribution in [0.4, 0.5) is 0 Å². The normalized spacial score (nSPS) is 13.0. The maximum Gasteiger partial charge on any atom is 0.253 e. The molecule has 4 heteroatoms. The van der Waals surface area contributed by atoms with Gasteiger partial charge in [0.1, 0.15) is 0 Å². The zero-order valence-corrected chi connectivity index (χ0v) is 13.8. The van der Waals surface area contributed by atoms with Gasteiger partial charge in [-0.25, -0.2) is 0 Å². The van der Waals surface area contributed by atoms with E-state index in [1.165, 1.54) is 24.0 Å². The van der Waals surface area contributed by atoms with Crippen LogP contribution in [-0.4, -0.2) is 5.91 Å². The second-order valence-electron chi connectivity index (χ2n) is 5.26. The summed E-state index contributed by atoms with van der Waals surface area (Å²) in [6.07, 6.45) is 3.56. The van der Waals surface area contributed by atoms with Gasteiger partial charge >= 0.3 is 0 Å². The Kier molecular flexibility index (Phi) is 4.32. The highest BCUT2D eigenvalue weighted by Gasteiger charge is 2.13. The third-order valence-electron chi connectivity index (χ3n) is 3.79. The second-order valence-corrected chi connectivity index (χ2v) is 6.59. The number of aryl methyl sites for hydroxylation is 2. The van der Waals surface area contributed by atoms with Crippen LogP contribution < -0.4 is 5.32 Å². The summed E-state index contributed by atoms with van der Waals surface area (Å²) >= 11 is 9.43. The second kappa shape index (κ2) is 6.20. The lowest BCUT2D eigenvalue weighted by Gasteiger charge is -2.09. The van der Waals surface area contributed by atoms with Crippen molar-refractivity contribution in [1.29, 1.82) is 0 Å². The maximum atomic E-state index is 12.2. The van der Waals surface area contributed by atoms with Gasteiger partial charge in [-0.2, -0.15) is 0 Å². The highest BCUT2D eigenvalue weighted by atomic mass is 79.9. The molecule has 0 saturated heterocycles. The van der Waals surface area contributed by atoms with Crippen LogP contribution in [0.5, 0.6) is 0 Å². The molecular formula is C17H15BrClNO. The lowest BCUT2D eigenvalue weighted by Crippen LogP contribution is -2.23. The fourth-order valence-corrected chi connectivity index (χ4v) is 3.45. The van der Waals surface area contributed by atoms with Gasteiger partial charge in [0.05, 0.1) is 10.6 Å². The molecule has 1 aliphatic carbocycles. The molecule has 0 fully saturated rings. The highest BCUT2D eigenvalue weighted by Crippen LogP contribution is 2.23. The van der Waals surface area contributed by atoms with Gasteiger partial charge in [0.2, 0.25) is 0 Å². The Morgan fingerprint density at radius 1 is 1.14 bits per heavy atom. The van der Waals surface area contributed by atoms with Crippen LogP contribution in [0.15, 0.2) is 40.9 Å². The third kappa shape index (κ3) is 3.30. The largest absolute Gasteiger partial charge is 0.348 e. The van der Waals surface area contributed by atoms with Gasteiger partial charge in [0, 0.05) is 11.0 Å². The molecule has 0 unspecified atom stereocenters. The third-order valence-corrected chi connectivity index (χ3v) is 4.60. The van der Waals surface area contributed by atoms with Gasteiger partial charge < -0.3 is 5.32 Å². The zero-order chi connectivity index (χ0) is 14.8. The molecule has 108 valence electrons. The summed E-state index contributed by atoms with van der Waals surface area (Å²) in [5, 5.41) is 3.38. The number of hydrogen-bond acceptors (Lipinski definition) is 1. The minimum Gasteiger partial charge on any atom is -0.348 e. The smallest absolute Gasteiger partial charge is 0.253 e. The number of halogens is 2. The van der Waals surface area contributed by atoms with Crippen molar-refractivity contribution in [1.82, 2.24) is 5.32 Å². The van der Waals surface area contributed by atoms with E-state index in [2.05, 4.69) is 39.4 Å². The first kappa shape index (κ1) is 14.6. The lowest BCUT2D eigenvalue weighted by atomic mass is 10.1. The van der Waals surface area contributed by atoms with Gasteiger partial charge in [-0.15, -0.1) is 0 Å². The van der Waals surface area contributed by atoms with E-state index in [0.717, 1.165) is 16.5 Å².